The molecule has 144 valence electrons. The molecular formula is C20H24N2O5. The molecule has 0 aliphatic rings. The topological polar surface area (TPSA) is 81.9 Å². The fourth-order valence-corrected chi connectivity index (χ4v) is 2.91. The van der Waals surface area contributed by atoms with Gasteiger partial charge < -0.3 is 14.4 Å². The summed E-state index contributed by atoms with van der Waals surface area (Å²) in [5.41, 5.74) is 1.63. The lowest BCUT2D eigenvalue weighted by Crippen LogP contribution is -2.29. The Labute approximate surface area is 158 Å². The number of nitrogens with zero attached hydrogens (tertiary/aromatic N) is 2. The predicted octanol–water partition coefficient (Wildman–Crippen LogP) is 3.76. The average Bonchev–Trinajstić information content (AvgIpc) is 2.70. The van der Waals surface area contributed by atoms with E-state index in [0.717, 1.165) is 11.1 Å². The van der Waals surface area contributed by atoms with Gasteiger partial charge in [-0.15, -0.1) is 0 Å². The number of para-hydroxylation sites is 1. The molecule has 0 unspecified atom stereocenters. The van der Waals surface area contributed by atoms with Gasteiger partial charge in [-0.25, -0.2) is 0 Å². The van der Waals surface area contributed by atoms with Crippen molar-refractivity contribution >= 4 is 11.6 Å². The van der Waals surface area contributed by atoms with Crippen molar-refractivity contribution in [2.24, 2.45) is 0 Å². The first-order valence-corrected chi connectivity index (χ1v) is 8.59. The molecular weight excluding hydrogens is 348 g/mol. The van der Waals surface area contributed by atoms with E-state index in [9.17, 15) is 14.9 Å². The summed E-state index contributed by atoms with van der Waals surface area (Å²) in [6.45, 7) is 1.85. The summed E-state index contributed by atoms with van der Waals surface area (Å²) in [4.78, 5) is 24.7. The quantitative estimate of drug-likeness (QED) is 0.520. The number of hydrogen-bond donors (Lipinski definition) is 0. The second kappa shape index (κ2) is 9.02. The zero-order chi connectivity index (χ0) is 20.0. The maximum atomic E-state index is 12.6. The van der Waals surface area contributed by atoms with Crippen LogP contribution in [0.1, 0.15) is 30.5 Å². The molecule has 0 N–H and O–H groups in total. The summed E-state index contributed by atoms with van der Waals surface area (Å²) in [6.07, 6.45) is 0.796. The Morgan fingerprint density at radius 3 is 2.52 bits per heavy atom. The van der Waals surface area contributed by atoms with Crippen molar-refractivity contribution < 1.29 is 19.2 Å². The summed E-state index contributed by atoms with van der Waals surface area (Å²) in [5, 5.41) is 11.0. The molecule has 27 heavy (non-hydrogen) atoms. The zero-order valence-corrected chi connectivity index (χ0v) is 16.0. The molecule has 0 bridgehead atoms. The highest BCUT2D eigenvalue weighted by Crippen LogP contribution is 2.32. The molecule has 1 atom stereocenters. The fraction of sp³-hybridized carbons (Fsp3) is 0.350. The lowest BCUT2D eigenvalue weighted by Gasteiger charge is -2.25. The number of aryl methyl sites for hydroxylation is 1. The van der Waals surface area contributed by atoms with Gasteiger partial charge in [-0.2, -0.15) is 0 Å². The molecule has 0 heterocycles. The maximum Gasteiger partial charge on any atom is 0.269 e. The number of nitro benzene ring substituents is 1. The van der Waals surface area contributed by atoms with E-state index in [1.54, 1.807) is 44.4 Å². The Morgan fingerprint density at radius 1 is 1.19 bits per heavy atom. The van der Waals surface area contributed by atoms with Gasteiger partial charge in [-0.3, -0.25) is 14.9 Å². The van der Waals surface area contributed by atoms with E-state index in [4.69, 9.17) is 9.47 Å². The summed E-state index contributed by atoms with van der Waals surface area (Å²) >= 11 is 0. The molecule has 2 aromatic carbocycles. The van der Waals surface area contributed by atoms with Crippen LogP contribution in [0.3, 0.4) is 0 Å². The number of ether oxygens (including phenoxy) is 2. The lowest BCUT2D eigenvalue weighted by atomic mass is 10.0. The Morgan fingerprint density at radius 2 is 1.89 bits per heavy atom. The summed E-state index contributed by atoms with van der Waals surface area (Å²) in [5.74, 6) is 1.20. The van der Waals surface area contributed by atoms with E-state index in [-0.39, 0.29) is 17.6 Å². The first-order valence-electron chi connectivity index (χ1n) is 8.59. The van der Waals surface area contributed by atoms with E-state index >= 15 is 0 Å². The number of carbonyl (C=O) groups is 1. The Bertz CT molecular complexity index is 822. The molecule has 2 rings (SSSR count). The molecule has 7 heteroatoms. The Kier molecular flexibility index (Phi) is 6.76. The van der Waals surface area contributed by atoms with Crippen molar-refractivity contribution in [3.63, 3.8) is 0 Å². The molecule has 0 fully saturated rings. The molecule has 1 amide bonds. The van der Waals surface area contributed by atoms with Crippen LogP contribution in [0.25, 0.3) is 0 Å². The lowest BCUT2D eigenvalue weighted by molar-refractivity contribution is -0.384. The Balaban J connectivity index is 2.08. The van der Waals surface area contributed by atoms with Crippen molar-refractivity contribution in [3.05, 3.63) is 63.7 Å². The van der Waals surface area contributed by atoms with Crippen LogP contribution in [-0.2, 0) is 11.2 Å². The van der Waals surface area contributed by atoms with Gasteiger partial charge in [-0.1, -0.05) is 24.3 Å². The average molecular weight is 372 g/mol. The van der Waals surface area contributed by atoms with Crippen LogP contribution in [0.2, 0.25) is 0 Å². The van der Waals surface area contributed by atoms with Gasteiger partial charge in [0.2, 0.25) is 5.91 Å². The molecule has 2 aromatic rings. The molecule has 0 radical (unpaired) electrons. The number of benzene rings is 2. The number of amides is 1. The Hall–Kier alpha value is -3.09. The van der Waals surface area contributed by atoms with Crippen molar-refractivity contribution in [2.45, 2.75) is 25.8 Å². The molecule has 0 aliphatic carbocycles. The van der Waals surface area contributed by atoms with Crippen LogP contribution in [0, 0.1) is 10.1 Å². The standard InChI is InChI=1S/C20H24N2O5/c1-14(16-8-5-9-17(13-16)22(24)25)21(2)19(23)12-11-15-7-6-10-18(26-3)20(15)27-4/h5-10,13-14H,11-12H2,1-4H3/t14-/m1/s1. The number of hydrogen-bond acceptors (Lipinski definition) is 5. The fourth-order valence-electron chi connectivity index (χ4n) is 2.91. The van der Waals surface area contributed by atoms with Crippen molar-refractivity contribution in [3.8, 4) is 11.5 Å². The van der Waals surface area contributed by atoms with Crippen LogP contribution >= 0.6 is 0 Å². The highest BCUT2D eigenvalue weighted by molar-refractivity contribution is 5.77. The van der Waals surface area contributed by atoms with Crippen LogP contribution in [0.5, 0.6) is 11.5 Å². The van der Waals surface area contributed by atoms with Gasteiger partial charge in [-0.05, 0) is 30.5 Å². The smallest absolute Gasteiger partial charge is 0.269 e. The van der Waals surface area contributed by atoms with E-state index in [0.29, 0.717) is 24.3 Å². The third-order valence-corrected chi connectivity index (χ3v) is 4.63. The van der Waals surface area contributed by atoms with Crippen molar-refractivity contribution in [1.29, 1.82) is 0 Å². The van der Waals surface area contributed by atoms with Crippen LogP contribution < -0.4 is 9.47 Å². The van der Waals surface area contributed by atoms with Gasteiger partial charge in [0.15, 0.2) is 11.5 Å². The number of methoxy groups -OCH3 is 2. The van der Waals surface area contributed by atoms with E-state index in [2.05, 4.69) is 0 Å². The van der Waals surface area contributed by atoms with Crippen LogP contribution in [0.15, 0.2) is 42.5 Å². The third kappa shape index (κ3) is 4.75. The normalized spacial score (nSPS) is 11.6. The second-order valence-electron chi connectivity index (χ2n) is 6.19. The maximum absolute atomic E-state index is 12.6. The van der Waals surface area contributed by atoms with Gasteiger partial charge in [0.25, 0.3) is 5.69 Å². The monoisotopic (exact) mass is 372 g/mol. The molecule has 0 aromatic heterocycles. The second-order valence-corrected chi connectivity index (χ2v) is 6.19. The van der Waals surface area contributed by atoms with Crippen LogP contribution in [0.4, 0.5) is 5.69 Å². The highest BCUT2D eigenvalue weighted by atomic mass is 16.6. The molecule has 0 spiro atoms. The van der Waals surface area contributed by atoms with Gasteiger partial charge in [0, 0.05) is 25.6 Å². The van der Waals surface area contributed by atoms with Crippen molar-refractivity contribution in [2.75, 3.05) is 21.3 Å². The minimum Gasteiger partial charge on any atom is -0.493 e. The molecule has 7 nitrogen and oxygen atoms in total. The molecule has 0 saturated carbocycles. The van der Waals surface area contributed by atoms with Crippen molar-refractivity contribution in [1.82, 2.24) is 4.90 Å². The summed E-state index contributed by atoms with van der Waals surface area (Å²) < 4.78 is 10.7. The van der Waals surface area contributed by atoms with Gasteiger partial charge >= 0.3 is 0 Å². The predicted molar refractivity (Wildman–Crippen MR) is 102 cm³/mol. The number of carbonyl (C=O) groups excluding carboxylic acids is 1. The van der Waals surface area contributed by atoms with Crippen LogP contribution in [-0.4, -0.2) is 37.0 Å². The third-order valence-electron chi connectivity index (χ3n) is 4.63. The minimum atomic E-state index is -0.437. The SMILES string of the molecule is COc1cccc(CCC(=O)N(C)[C@H](C)c2cccc([N+](=O)[O-])c2)c1OC. The number of non-ortho nitro benzene ring substituents is 1. The highest BCUT2D eigenvalue weighted by Gasteiger charge is 2.20. The van der Waals surface area contributed by atoms with Gasteiger partial charge in [0.1, 0.15) is 0 Å². The first kappa shape index (κ1) is 20.2. The number of rotatable bonds is 8. The summed E-state index contributed by atoms with van der Waals surface area (Å²) in [6, 6.07) is 11.6. The van der Waals surface area contributed by atoms with E-state index < -0.39 is 4.92 Å². The first-order chi connectivity index (χ1) is 12.9. The number of nitro groups is 1. The van der Waals surface area contributed by atoms with Gasteiger partial charge in [0.05, 0.1) is 25.2 Å². The zero-order valence-electron chi connectivity index (χ0n) is 16.0. The molecule has 0 aliphatic heterocycles. The summed E-state index contributed by atoms with van der Waals surface area (Å²) in [7, 11) is 4.84. The van der Waals surface area contributed by atoms with E-state index in [1.807, 2.05) is 19.1 Å². The van der Waals surface area contributed by atoms with E-state index in [1.165, 1.54) is 12.1 Å². The largest absolute Gasteiger partial charge is 0.493 e. The minimum absolute atomic E-state index is 0.0151. The molecule has 0 saturated heterocycles.